The second kappa shape index (κ2) is 6.89. The van der Waals surface area contributed by atoms with E-state index in [1.165, 1.54) is 23.2 Å². The summed E-state index contributed by atoms with van der Waals surface area (Å²) in [5, 5.41) is 0. The van der Waals surface area contributed by atoms with Gasteiger partial charge in [-0.1, -0.05) is 6.92 Å². The van der Waals surface area contributed by atoms with E-state index in [0.717, 1.165) is 17.0 Å². The first-order valence-electron chi connectivity index (χ1n) is 9.31. The summed E-state index contributed by atoms with van der Waals surface area (Å²) in [6, 6.07) is 7.25. The van der Waals surface area contributed by atoms with E-state index in [4.69, 9.17) is 4.74 Å². The Morgan fingerprint density at radius 2 is 1.83 bits per heavy atom. The topological polar surface area (TPSA) is 72.0 Å². The van der Waals surface area contributed by atoms with E-state index in [1.54, 1.807) is 19.1 Å². The molecule has 2 fully saturated rings. The van der Waals surface area contributed by atoms with Crippen molar-refractivity contribution < 1.29 is 32.2 Å². The molecule has 2 aromatic rings. The molecule has 10 heteroatoms. The molecule has 4 rings (SSSR count). The van der Waals surface area contributed by atoms with Gasteiger partial charge in [-0.2, -0.15) is 0 Å². The Bertz CT molecular complexity index is 996. The second-order valence-corrected chi connectivity index (χ2v) is 7.11. The van der Waals surface area contributed by atoms with E-state index in [9.17, 15) is 22.8 Å². The van der Waals surface area contributed by atoms with Crippen molar-refractivity contribution >= 4 is 23.3 Å². The number of carbonyl (C=O) groups is 2. The van der Waals surface area contributed by atoms with Gasteiger partial charge in [-0.05, 0) is 49.6 Å². The first kappa shape index (κ1) is 20.0. The highest BCUT2D eigenvalue weighted by atomic mass is 19.4. The molecule has 1 aromatic heterocycles. The van der Waals surface area contributed by atoms with E-state index >= 15 is 0 Å². The molecule has 2 unspecified atom stereocenters. The molecule has 1 aliphatic carbocycles. The van der Waals surface area contributed by atoms with E-state index in [-0.39, 0.29) is 11.6 Å². The number of carbonyl (C=O) groups excluding carboxylic acids is 2. The van der Waals surface area contributed by atoms with Crippen molar-refractivity contribution in [3.05, 3.63) is 42.6 Å². The van der Waals surface area contributed by atoms with Gasteiger partial charge in [-0.25, -0.2) is 14.7 Å². The maximum Gasteiger partial charge on any atom is 0.573 e. The molecule has 1 aliphatic heterocycles. The van der Waals surface area contributed by atoms with Crippen molar-refractivity contribution in [2.75, 3.05) is 16.4 Å². The Morgan fingerprint density at radius 3 is 2.40 bits per heavy atom. The summed E-state index contributed by atoms with van der Waals surface area (Å²) in [6.45, 7) is 4.06. The number of pyridine rings is 1. The maximum absolute atomic E-state index is 13.3. The minimum atomic E-state index is -4.83. The van der Waals surface area contributed by atoms with Crippen LogP contribution in [-0.4, -0.2) is 35.4 Å². The van der Waals surface area contributed by atoms with Crippen molar-refractivity contribution in [2.45, 2.75) is 32.2 Å². The third-order valence-corrected chi connectivity index (χ3v) is 5.22. The van der Waals surface area contributed by atoms with E-state index in [2.05, 4.69) is 9.72 Å². The normalized spacial score (nSPS) is 23.3. The molecular weight excluding hydrogens is 403 g/mol. The monoisotopic (exact) mass is 421 g/mol. The van der Waals surface area contributed by atoms with Crippen LogP contribution < -0.4 is 19.3 Å². The van der Waals surface area contributed by atoms with Crippen LogP contribution in [0.2, 0.25) is 0 Å². The first-order chi connectivity index (χ1) is 14.2. The number of amides is 3. The number of aromatic nitrogens is 1. The van der Waals surface area contributed by atoms with Crippen molar-refractivity contribution in [2.24, 2.45) is 5.92 Å². The Hall–Kier alpha value is -3.30. The van der Waals surface area contributed by atoms with Crippen LogP contribution in [0.3, 0.4) is 0 Å². The van der Waals surface area contributed by atoms with Crippen molar-refractivity contribution in [1.82, 2.24) is 4.98 Å². The summed E-state index contributed by atoms with van der Waals surface area (Å²) in [4.78, 5) is 33.0. The zero-order chi connectivity index (χ0) is 21.7. The minimum absolute atomic E-state index is 0.0736. The Balaban J connectivity index is 1.68. The van der Waals surface area contributed by atoms with Crippen LogP contribution >= 0.6 is 0 Å². The minimum Gasteiger partial charge on any atom is -0.478 e. The summed E-state index contributed by atoms with van der Waals surface area (Å²) >= 11 is 0. The number of rotatable bonds is 5. The van der Waals surface area contributed by atoms with Crippen LogP contribution in [0.1, 0.15) is 20.3 Å². The maximum atomic E-state index is 13.3. The van der Waals surface area contributed by atoms with E-state index in [1.807, 2.05) is 6.92 Å². The average Bonchev–Trinajstić information content (AvgIpc) is 3.28. The molecule has 0 N–H and O–H groups in total. The predicted octanol–water partition coefficient (Wildman–Crippen LogP) is 4.13. The highest BCUT2D eigenvalue weighted by molar-refractivity contribution is 6.31. The first-order valence-corrected chi connectivity index (χ1v) is 9.31. The Labute approximate surface area is 170 Å². The lowest BCUT2D eigenvalue weighted by atomic mass is 10.1. The van der Waals surface area contributed by atoms with Gasteiger partial charge >= 0.3 is 12.4 Å². The number of benzene rings is 1. The average molecular weight is 421 g/mol. The standard InChI is InChI=1S/C20H18F3N3O4/c1-3-29-16-10-14(8-9-24-16)26-18(28)25(17(27)19(26)11-12(19)2)13-4-6-15(7-5-13)30-20(21,22)23/h4-10,12H,3,11H2,1-2H3. The third kappa shape index (κ3) is 3.21. The highest BCUT2D eigenvalue weighted by Gasteiger charge is 2.70. The van der Waals surface area contributed by atoms with Gasteiger partial charge in [0.25, 0.3) is 5.91 Å². The van der Waals surface area contributed by atoms with Gasteiger partial charge in [0, 0.05) is 12.3 Å². The third-order valence-electron chi connectivity index (χ3n) is 5.22. The summed E-state index contributed by atoms with van der Waals surface area (Å²) < 4.78 is 46.4. The number of anilines is 2. The smallest absolute Gasteiger partial charge is 0.478 e. The van der Waals surface area contributed by atoms with Crippen molar-refractivity contribution in [1.29, 1.82) is 0 Å². The number of alkyl halides is 3. The van der Waals surface area contributed by atoms with Gasteiger partial charge in [0.1, 0.15) is 11.3 Å². The molecule has 7 nitrogen and oxygen atoms in total. The molecule has 0 radical (unpaired) electrons. The number of halogens is 3. The van der Waals surface area contributed by atoms with Gasteiger partial charge in [0.2, 0.25) is 5.88 Å². The molecule has 30 heavy (non-hydrogen) atoms. The lowest BCUT2D eigenvalue weighted by Gasteiger charge is -2.22. The summed E-state index contributed by atoms with van der Waals surface area (Å²) in [5.74, 6) is -0.604. The molecule has 2 aliphatic rings. The Morgan fingerprint density at radius 1 is 1.17 bits per heavy atom. The van der Waals surface area contributed by atoms with Gasteiger partial charge in [0.15, 0.2) is 0 Å². The quantitative estimate of drug-likeness (QED) is 0.679. The van der Waals surface area contributed by atoms with Crippen LogP contribution in [-0.2, 0) is 4.79 Å². The highest BCUT2D eigenvalue weighted by Crippen LogP contribution is 2.55. The fourth-order valence-electron chi connectivity index (χ4n) is 3.79. The summed E-state index contributed by atoms with van der Waals surface area (Å²) in [7, 11) is 0. The number of nitrogens with zero attached hydrogens (tertiary/aromatic N) is 3. The molecule has 158 valence electrons. The van der Waals surface area contributed by atoms with Crippen molar-refractivity contribution in [3.63, 3.8) is 0 Å². The number of imide groups is 1. The molecule has 1 spiro atoms. The number of hydrogen-bond donors (Lipinski definition) is 0. The summed E-state index contributed by atoms with van der Waals surface area (Å²) in [5.41, 5.74) is -0.390. The predicted molar refractivity (Wildman–Crippen MR) is 100 cm³/mol. The molecule has 0 bridgehead atoms. The number of ether oxygens (including phenoxy) is 2. The zero-order valence-electron chi connectivity index (χ0n) is 16.1. The van der Waals surface area contributed by atoms with Gasteiger partial charge in [-0.15, -0.1) is 13.2 Å². The van der Waals surface area contributed by atoms with Gasteiger partial charge in [-0.3, -0.25) is 9.69 Å². The van der Waals surface area contributed by atoms with E-state index in [0.29, 0.717) is 24.6 Å². The molecular formula is C20H18F3N3O4. The van der Waals surface area contributed by atoms with Crippen LogP contribution in [0.4, 0.5) is 29.3 Å². The number of hydrogen-bond acceptors (Lipinski definition) is 5. The van der Waals surface area contributed by atoms with Crippen LogP contribution in [0.15, 0.2) is 42.6 Å². The molecule has 1 aromatic carbocycles. The number of urea groups is 1. The fourth-order valence-corrected chi connectivity index (χ4v) is 3.79. The lowest BCUT2D eigenvalue weighted by Crippen LogP contribution is -2.38. The summed E-state index contributed by atoms with van der Waals surface area (Å²) in [6.07, 6.45) is -2.86. The molecule has 1 saturated heterocycles. The van der Waals surface area contributed by atoms with Gasteiger partial charge in [0.05, 0.1) is 18.0 Å². The van der Waals surface area contributed by atoms with Gasteiger partial charge < -0.3 is 9.47 Å². The SMILES string of the molecule is CCOc1cc(N2C(=O)N(c3ccc(OC(F)(F)F)cc3)C(=O)C23CC3C)ccn1. The molecule has 2 atom stereocenters. The fraction of sp³-hybridized carbons (Fsp3) is 0.350. The van der Waals surface area contributed by atoms with Crippen LogP contribution in [0, 0.1) is 5.92 Å². The Kier molecular flexibility index (Phi) is 4.59. The molecule has 3 amide bonds. The largest absolute Gasteiger partial charge is 0.573 e. The molecule has 1 saturated carbocycles. The lowest BCUT2D eigenvalue weighted by molar-refractivity contribution is -0.274. The zero-order valence-corrected chi connectivity index (χ0v) is 16.1. The van der Waals surface area contributed by atoms with Crippen molar-refractivity contribution in [3.8, 4) is 11.6 Å². The van der Waals surface area contributed by atoms with Crippen LogP contribution in [0.5, 0.6) is 11.6 Å². The van der Waals surface area contributed by atoms with E-state index < -0.39 is 29.6 Å². The molecule has 2 heterocycles. The second-order valence-electron chi connectivity index (χ2n) is 7.11. The van der Waals surface area contributed by atoms with Crippen LogP contribution in [0.25, 0.3) is 0 Å².